The zero-order chi connectivity index (χ0) is 31.9. The molecular weight excluding hydrogens is 621 g/mol. The van der Waals surface area contributed by atoms with Crippen LogP contribution < -0.4 is 14.4 Å². The number of sulfonamides is 1. The molecular formula is C33H33Cl2N3O5S. The summed E-state index contributed by atoms with van der Waals surface area (Å²) in [6, 6.07) is 25.9. The van der Waals surface area contributed by atoms with Crippen molar-refractivity contribution >= 4 is 50.7 Å². The number of carbonyl (C=O) groups excluding carboxylic acids is 2. The number of nitrogens with zero attached hydrogens (tertiary/aromatic N) is 2. The molecule has 1 N–H and O–H groups in total. The van der Waals surface area contributed by atoms with Crippen molar-refractivity contribution in [3.63, 3.8) is 0 Å². The first kappa shape index (κ1) is 32.9. The van der Waals surface area contributed by atoms with E-state index >= 15 is 0 Å². The van der Waals surface area contributed by atoms with E-state index in [1.165, 1.54) is 31.2 Å². The molecule has 0 fully saturated rings. The van der Waals surface area contributed by atoms with Crippen LogP contribution in [-0.2, 0) is 32.6 Å². The summed E-state index contributed by atoms with van der Waals surface area (Å²) in [5.41, 5.74) is 2.58. The van der Waals surface area contributed by atoms with Crippen LogP contribution in [-0.4, -0.2) is 51.9 Å². The molecule has 230 valence electrons. The number of amides is 2. The Labute approximate surface area is 268 Å². The van der Waals surface area contributed by atoms with Crippen molar-refractivity contribution in [2.45, 2.75) is 30.8 Å². The topological polar surface area (TPSA) is 96.0 Å². The number of likely N-dealkylation sites (N-methyl/N-ethyl adjacent to an activating group) is 1. The maximum absolute atomic E-state index is 14.4. The second-order valence-corrected chi connectivity index (χ2v) is 12.8. The number of carbonyl (C=O) groups is 2. The van der Waals surface area contributed by atoms with Gasteiger partial charge in [0.05, 0.1) is 17.7 Å². The minimum absolute atomic E-state index is 0.0221. The van der Waals surface area contributed by atoms with E-state index in [4.69, 9.17) is 27.9 Å². The van der Waals surface area contributed by atoms with Crippen LogP contribution in [0.25, 0.3) is 0 Å². The van der Waals surface area contributed by atoms with Gasteiger partial charge in [0.15, 0.2) is 0 Å². The van der Waals surface area contributed by atoms with Crippen LogP contribution in [0.1, 0.15) is 16.7 Å². The van der Waals surface area contributed by atoms with Gasteiger partial charge in [0.25, 0.3) is 10.0 Å². The van der Waals surface area contributed by atoms with E-state index in [2.05, 4.69) is 5.32 Å². The molecule has 0 saturated heterocycles. The smallest absolute Gasteiger partial charge is 0.264 e. The van der Waals surface area contributed by atoms with Crippen LogP contribution in [0.5, 0.6) is 5.75 Å². The van der Waals surface area contributed by atoms with Gasteiger partial charge in [0.2, 0.25) is 11.8 Å². The molecule has 0 unspecified atom stereocenters. The van der Waals surface area contributed by atoms with E-state index in [9.17, 15) is 18.0 Å². The summed E-state index contributed by atoms with van der Waals surface area (Å²) in [6.45, 7) is 1.24. The van der Waals surface area contributed by atoms with Gasteiger partial charge in [-0.25, -0.2) is 8.42 Å². The maximum Gasteiger partial charge on any atom is 0.264 e. The van der Waals surface area contributed by atoms with Crippen LogP contribution in [0.2, 0.25) is 10.0 Å². The molecule has 4 rings (SSSR count). The lowest BCUT2D eigenvalue weighted by atomic mass is 10.0. The predicted octanol–water partition coefficient (Wildman–Crippen LogP) is 5.89. The van der Waals surface area contributed by atoms with Crippen molar-refractivity contribution in [3.8, 4) is 5.75 Å². The Bertz CT molecular complexity index is 1700. The molecule has 0 radical (unpaired) electrons. The zero-order valence-corrected chi connectivity index (χ0v) is 26.9. The molecule has 0 heterocycles. The van der Waals surface area contributed by atoms with Crippen molar-refractivity contribution < 1.29 is 22.7 Å². The van der Waals surface area contributed by atoms with Crippen LogP contribution in [0.3, 0.4) is 0 Å². The molecule has 4 aromatic rings. The summed E-state index contributed by atoms with van der Waals surface area (Å²) in [6.07, 6.45) is 0.188. The molecule has 0 saturated carbocycles. The second kappa shape index (κ2) is 14.6. The summed E-state index contributed by atoms with van der Waals surface area (Å²) >= 11 is 12.6. The Morgan fingerprint density at radius 3 is 2.16 bits per heavy atom. The van der Waals surface area contributed by atoms with Gasteiger partial charge in [-0.15, -0.1) is 0 Å². The van der Waals surface area contributed by atoms with Gasteiger partial charge in [0.1, 0.15) is 18.3 Å². The van der Waals surface area contributed by atoms with Gasteiger partial charge in [-0.2, -0.15) is 0 Å². The molecule has 0 bridgehead atoms. The monoisotopic (exact) mass is 653 g/mol. The Balaban J connectivity index is 1.80. The fourth-order valence-electron chi connectivity index (χ4n) is 4.67. The first-order valence-corrected chi connectivity index (χ1v) is 16.0. The van der Waals surface area contributed by atoms with Gasteiger partial charge < -0.3 is 15.0 Å². The average molecular weight is 655 g/mol. The van der Waals surface area contributed by atoms with Crippen molar-refractivity contribution in [1.82, 2.24) is 10.2 Å². The molecule has 11 heteroatoms. The van der Waals surface area contributed by atoms with Gasteiger partial charge >= 0.3 is 0 Å². The van der Waals surface area contributed by atoms with E-state index in [1.807, 2.05) is 37.3 Å². The molecule has 0 aliphatic rings. The fraction of sp³-hybridized carbons (Fsp3) is 0.212. The molecule has 8 nitrogen and oxygen atoms in total. The zero-order valence-electron chi connectivity index (χ0n) is 24.5. The molecule has 0 aliphatic heterocycles. The fourth-order valence-corrected chi connectivity index (χ4v) is 6.55. The number of aryl methyl sites for hydroxylation is 1. The highest BCUT2D eigenvalue weighted by molar-refractivity contribution is 7.92. The number of methoxy groups -OCH3 is 1. The molecule has 44 heavy (non-hydrogen) atoms. The van der Waals surface area contributed by atoms with E-state index in [0.29, 0.717) is 27.0 Å². The van der Waals surface area contributed by atoms with Gasteiger partial charge in [-0.1, -0.05) is 77.3 Å². The molecule has 0 aliphatic carbocycles. The molecule has 0 spiro atoms. The van der Waals surface area contributed by atoms with Crippen LogP contribution in [0.4, 0.5) is 5.69 Å². The number of hydrogen-bond acceptors (Lipinski definition) is 5. The highest BCUT2D eigenvalue weighted by atomic mass is 35.5. The van der Waals surface area contributed by atoms with Crippen molar-refractivity contribution in [2.24, 2.45) is 0 Å². The Hall–Kier alpha value is -4.05. The number of rotatable bonds is 12. The van der Waals surface area contributed by atoms with Crippen molar-refractivity contribution in [2.75, 3.05) is 25.0 Å². The first-order chi connectivity index (χ1) is 21.0. The third-order valence-corrected chi connectivity index (χ3v) is 9.50. The quantitative estimate of drug-likeness (QED) is 0.206. The molecule has 2 amide bonds. The highest BCUT2D eigenvalue weighted by Crippen LogP contribution is 2.28. The predicted molar refractivity (Wildman–Crippen MR) is 174 cm³/mol. The largest absolute Gasteiger partial charge is 0.497 e. The summed E-state index contributed by atoms with van der Waals surface area (Å²) < 4.78 is 34.4. The number of hydrogen-bond donors (Lipinski definition) is 1. The summed E-state index contributed by atoms with van der Waals surface area (Å²) in [4.78, 5) is 29.1. The lowest BCUT2D eigenvalue weighted by molar-refractivity contribution is -0.139. The molecule has 4 aromatic carbocycles. The summed E-state index contributed by atoms with van der Waals surface area (Å²) in [5, 5.41) is 3.39. The third kappa shape index (κ3) is 7.91. The van der Waals surface area contributed by atoms with Crippen LogP contribution in [0, 0.1) is 6.92 Å². The van der Waals surface area contributed by atoms with Gasteiger partial charge in [-0.3, -0.25) is 13.9 Å². The SMILES string of the molecule is CNC(=O)[C@H](Cc1ccccc1)N(Cc1ccc(Cl)cc1Cl)C(=O)CN(c1ccc(C)cc1)S(=O)(=O)c1ccc(OC)cc1. The van der Waals surface area contributed by atoms with Crippen molar-refractivity contribution in [1.29, 1.82) is 0 Å². The summed E-state index contributed by atoms with van der Waals surface area (Å²) in [5.74, 6) is -0.521. The average Bonchev–Trinajstić information content (AvgIpc) is 3.03. The lowest BCUT2D eigenvalue weighted by Crippen LogP contribution is -2.53. The van der Waals surface area contributed by atoms with Crippen LogP contribution >= 0.6 is 23.2 Å². The maximum atomic E-state index is 14.4. The number of halogens is 2. The normalized spacial score (nSPS) is 11.8. The Kier molecular flexibility index (Phi) is 10.9. The lowest BCUT2D eigenvalue weighted by Gasteiger charge is -2.33. The molecule has 0 aromatic heterocycles. The highest BCUT2D eigenvalue weighted by Gasteiger charge is 2.34. The van der Waals surface area contributed by atoms with E-state index in [0.717, 1.165) is 15.4 Å². The second-order valence-electron chi connectivity index (χ2n) is 10.1. The summed E-state index contributed by atoms with van der Waals surface area (Å²) in [7, 11) is -1.25. The van der Waals surface area contributed by atoms with E-state index in [1.54, 1.807) is 54.6 Å². The van der Waals surface area contributed by atoms with Gasteiger partial charge in [-0.05, 0) is 66.6 Å². The number of ether oxygens (including phenoxy) is 1. The Morgan fingerprint density at radius 2 is 1.57 bits per heavy atom. The van der Waals surface area contributed by atoms with Crippen LogP contribution in [0.15, 0.2) is 102 Å². The minimum Gasteiger partial charge on any atom is -0.497 e. The number of nitrogens with one attached hydrogen (secondary N) is 1. The Morgan fingerprint density at radius 1 is 0.909 bits per heavy atom. The molecule has 1 atom stereocenters. The van der Waals surface area contributed by atoms with E-state index in [-0.39, 0.29) is 17.9 Å². The number of benzene rings is 4. The van der Waals surface area contributed by atoms with E-state index < -0.39 is 34.4 Å². The number of anilines is 1. The van der Waals surface area contributed by atoms with Gasteiger partial charge in [0, 0.05) is 30.1 Å². The third-order valence-electron chi connectivity index (χ3n) is 7.12. The van der Waals surface area contributed by atoms with Crippen molar-refractivity contribution in [3.05, 3.63) is 124 Å². The minimum atomic E-state index is -4.23. The standard InChI is InChI=1S/C33H33Cl2N3O5S/c1-23-9-13-27(14-10-23)38(44(41,42)29-17-15-28(43-3)16-18-29)22-32(39)37(21-25-11-12-26(34)20-30(25)35)31(33(40)36-2)19-24-7-5-4-6-8-24/h4-18,20,31H,19,21-22H2,1-3H3,(H,36,40)/t31-/m0/s1. The first-order valence-electron chi connectivity index (χ1n) is 13.8.